The summed E-state index contributed by atoms with van der Waals surface area (Å²) in [6.07, 6.45) is 0.812. The number of fused-ring (bicyclic) bond motifs is 1. The average Bonchev–Trinajstić information content (AvgIpc) is 2.91. The molecule has 2 aromatic heterocycles. The van der Waals surface area contributed by atoms with Gasteiger partial charge in [-0.25, -0.2) is 25.0 Å². The number of carbonyl (C=O) groups excluding carboxylic acids is 3. The molecule has 39 heavy (non-hydrogen) atoms. The number of carboxylic acids is 1. The van der Waals surface area contributed by atoms with E-state index in [9.17, 15) is 24.3 Å². The van der Waals surface area contributed by atoms with Gasteiger partial charge in [0.15, 0.2) is 16.7 Å². The Morgan fingerprint density at radius 1 is 1.15 bits per heavy atom. The number of nitrogen functional groups attached to an aromatic ring is 1. The van der Waals surface area contributed by atoms with Crippen LogP contribution in [0, 0.1) is 5.41 Å². The Morgan fingerprint density at radius 3 is 2.59 bits per heavy atom. The molecule has 16 heteroatoms. The van der Waals surface area contributed by atoms with Gasteiger partial charge < -0.3 is 31.2 Å². The van der Waals surface area contributed by atoms with Gasteiger partial charge in [0, 0.05) is 17.7 Å². The second kappa shape index (κ2) is 13.3. The van der Waals surface area contributed by atoms with Crippen molar-refractivity contribution in [1.82, 2.24) is 36.1 Å². The molecule has 0 aliphatic heterocycles. The Labute approximate surface area is 221 Å². The van der Waals surface area contributed by atoms with E-state index in [1.54, 1.807) is 12.1 Å². The first-order chi connectivity index (χ1) is 18.7. The lowest BCUT2D eigenvalue weighted by Crippen LogP contribution is -2.44. The number of ether oxygens (including phenoxy) is 1. The fourth-order valence-electron chi connectivity index (χ4n) is 3.20. The SMILES string of the molecule is CCCOC(=O)NNC(=O)CC[C@H](NC(=O)c1ccc(NCc2cnc3nc(N)[nH]c(=N)c3n2)cc1)C(=O)O. The number of anilines is 2. The number of carboxylic acid groups (broad SMARTS) is 1. The van der Waals surface area contributed by atoms with Gasteiger partial charge in [0.25, 0.3) is 5.91 Å². The van der Waals surface area contributed by atoms with Crippen LogP contribution in [0.15, 0.2) is 30.5 Å². The second-order valence-electron chi connectivity index (χ2n) is 8.17. The topological polar surface area (TPSA) is 250 Å². The number of aromatic nitrogens is 4. The van der Waals surface area contributed by atoms with Crippen LogP contribution >= 0.6 is 0 Å². The number of benzene rings is 1. The summed E-state index contributed by atoms with van der Waals surface area (Å²) in [4.78, 5) is 62.4. The maximum absolute atomic E-state index is 12.6. The number of aliphatic carboxylic acids is 1. The second-order valence-corrected chi connectivity index (χ2v) is 8.17. The molecular weight excluding hydrogens is 512 g/mol. The molecule has 0 saturated heterocycles. The number of rotatable bonds is 11. The molecule has 0 radical (unpaired) electrons. The normalized spacial score (nSPS) is 11.3. The molecule has 0 fully saturated rings. The molecule has 0 saturated carbocycles. The molecule has 1 atom stereocenters. The number of H-pyrrole nitrogens is 1. The van der Waals surface area contributed by atoms with Gasteiger partial charge >= 0.3 is 12.1 Å². The van der Waals surface area contributed by atoms with Gasteiger partial charge in [0.05, 0.1) is 25.0 Å². The van der Waals surface area contributed by atoms with Gasteiger partial charge in [0.1, 0.15) is 6.04 Å². The fraction of sp³-hybridized carbons (Fsp3) is 0.304. The molecule has 2 heterocycles. The lowest BCUT2D eigenvalue weighted by Gasteiger charge is -2.15. The Morgan fingerprint density at radius 2 is 1.90 bits per heavy atom. The Hall–Kier alpha value is -5.28. The summed E-state index contributed by atoms with van der Waals surface area (Å²) in [6, 6.07) is 4.93. The van der Waals surface area contributed by atoms with E-state index in [2.05, 4.69) is 36.0 Å². The minimum Gasteiger partial charge on any atom is -0.480 e. The van der Waals surface area contributed by atoms with Crippen LogP contribution in [0.25, 0.3) is 11.2 Å². The third kappa shape index (κ3) is 8.38. The molecule has 3 aromatic rings. The van der Waals surface area contributed by atoms with Crippen LogP contribution in [0.1, 0.15) is 42.2 Å². The number of nitrogens with zero attached hydrogens (tertiary/aromatic N) is 3. The predicted octanol–water partition coefficient (Wildman–Crippen LogP) is 0.157. The zero-order chi connectivity index (χ0) is 28.4. The average molecular weight is 541 g/mol. The zero-order valence-electron chi connectivity index (χ0n) is 20.9. The molecule has 0 aliphatic rings. The Kier molecular flexibility index (Phi) is 9.66. The van der Waals surface area contributed by atoms with Crippen LogP contribution in [0.5, 0.6) is 0 Å². The standard InChI is InChI=1S/C23H28N10O6/c1-2-9-39-23(38)33-32-16(34)8-7-15(21(36)37)29-20(35)12-3-5-13(6-4-12)26-10-14-11-27-19-17(28-14)18(24)30-22(25)31-19/h3-6,11,15,26H,2,7-10H2,1H3,(H,29,35)(H,32,34)(H,33,38)(H,36,37)(H4,24,25,27,30,31)/t15-/m0/s1. The third-order valence-electron chi connectivity index (χ3n) is 5.14. The van der Waals surface area contributed by atoms with Gasteiger partial charge in [-0.1, -0.05) is 6.92 Å². The van der Waals surface area contributed by atoms with E-state index in [0.29, 0.717) is 17.8 Å². The predicted molar refractivity (Wildman–Crippen MR) is 137 cm³/mol. The minimum absolute atomic E-state index is 0.00807. The van der Waals surface area contributed by atoms with Crippen LogP contribution in [0.2, 0.25) is 0 Å². The highest BCUT2D eigenvalue weighted by molar-refractivity contribution is 5.97. The molecule has 0 unspecified atom stereocenters. The summed E-state index contributed by atoms with van der Waals surface area (Å²) < 4.78 is 4.74. The van der Waals surface area contributed by atoms with Crippen LogP contribution in [0.3, 0.4) is 0 Å². The lowest BCUT2D eigenvalue weighted by atomic mass is 10.1. The van der Waals surface area contributed by atoms with E-state index < -0.39 is 29.9 Å². The number of nitrogens with one attached hydrogen (secondary N) is 6. The number of carbonyl (C=O) groups is 4. The van der Waals surface area contributed by atoms with Crippen molar-refractivity contribution >= 4 is 46.7 Å². The van der Waals surface area contributed by atoms with Gasteiger partial charge in [0.2, 0.25) is 11.9 Å². The summed E-state index contributed by atoms with van der Waals surface area (Å²) in [6.45, 7) is 2.27. The largest absolute Gasteiger partial charge is 0.480 e. The summed E-state index contributed by atoms with van der Waals surface area (Å²) in [5.74, 6) is -2.53. The van der Waals surface area contributed by atoms with E-state index in [1.165, 1.54) is 18.3 Å². The van der Waals surface area contributed by atoms with Crippen molar-refractivity contribution in [3.05, 3.63) is 47.2 Å². The molecule has 0 bridgehead atoms. The molecule has 206 valence electrons. The van der Waals surface area contributed by atoms with Gasteiger partial charge in [-0.2, -0.15) is 4.98 Å². The highest BCUT2D eigenvalue weighted by atomic mass is 16.6. The number of amides is 3. The molecule has 9 N–H and O–H groups in total. The molecule has 0 aliphatic carbocycles. The third-order valence-corrected chi connectivity index (χ3v) is 5.14. The summed E-state index contributed by atoms with van der Waals surface area (Å²) in [5.41, 5.74) is 11.6. The number of hydrazine groups is 1. The van der Waals surface area contributed by atoms with Gasteiger partial charge in [-0.3, -0.25) is 20.4 Å². The minimum atomic E-state index is -1.33. The van der Waals surface area contributed by atoms with Crippen molar-refractivity contribution in [2.75, 3.05) is 17.7 Å². The van der Waals surface area contributed by atoms with E-state index in [4.69, 9.17) is 15.9 Å². The summed E-state index contributed by atoms with van der Waals surface area (Å²) in [5, 5.41) is 22.9. The first kappa shape index (κ1) is 28.3. The summed E-state index contributed by atoms with van der Waals surface area (Å²) in [7, 11) is 0. The van der Waals surface area contributed by atoms with E-state index in [-0.39, 0.29) is 54.2 Å². The number of aromatic amines is 1. The van der Waals surface area contributed by atoms with Crippen molar-refractivity contribution in [3.63, 3.8) is 0 Å². The number of hydrogen-bond acceptors (Lipinski definition) is 11. The molecule has 3 amide bonds. The number of hydrogen-bond donors (Lipinski definition) is 8. The molecule has 1 aromatic carbocycles. The molecule has 0 spiro atoms. The van der Waals surface area contributed by atoms with E-state index >= 15 is 0 Å². The number of nitrogens with two attached hydrogens (primary N) is 1. The van der Waals surface area contributed by atoms with Crippen molar-refractivity contribution in [1.29, 1.82) is 5.41 Å². The molecule has 3 rings (SSSR count). The maximum Gasteiger partial charge on any atom is 0.426 e. The van der Waals surface area contributed by atoms with Crippen molar-refractivity contribution < 1.29 is 29.0 Å². The van der Waals surface area contributed by atoms with Crippen molar-refractivity contribution in [2.24, 2.45) is 0 Å². The van der Waals surface area contributed by atoms with E-state index in [1.807, 2.05) is 12.3 Å². The van der Waals surface area contributed by atoms with Gasteiger partial charge in [-0.15, -0.1) is 0 Å². The van der Waals surface area contributed by atoms with Crippen LogP contribution in [-0.4, -0.2) is 61.6 Å². The first-order valence-electron chi connectivity index (χ1n) is 11.8. The van der Waals surface area contributed by atoms with E-state index in [0.717, 1.165) is 0 Å². The van der Waals surface area contributed by atoms with Crippen molar-refractivity contribution in [2.45, 2.75) is 38.8 Å². The lowest BCUT2D eigenvalue weighted by molar-refractivity contribution is -0.139. The highest BCUT2D eigenvalue weighted by Crippen LogP contribution is 2.12. The molecular formula is C23H28N10O6. The van der Waals surface area contributed by atoms with Crippen molar-refractivity contribution in [3.8, 4) is 0 Å². The first-order valence-corrected chi connectivity index (χ1v) is 11.8. The van der Waals surface area contributed by atoms with Crippen LogP contribution in [0.4, 0.5) is 16.4 Å². The fourth-order valence-corrected chi connectivity index (χ4v) is 3.20. The Balaban J connectivity index is 1.50. The molecule has 16 nitrogen and oxygen atoms in total. The quantitative estimate of drug-likeness (QED) is 0.152. The monoisotopic (exact) mass is 540 g/mol. The maximum atomic E-state index is 12.6. The van der Waals surface area contributed by atoms with Crippen LogP contribution in [-0.2, 0) is 20.9 Å². The van der Waals surface area contributed by atoms with Crippen LogP contribution < -0.4 is 32.7 Å². The Bertz CT molecular complexity index is 1410. The highest BCUT2D eigenvalue weighted by Gasteiger charge is 2.22. The smallest absolute Gasteiger partial charge is 0.426 e. The van der Waals surface area contributed by atoms with Gasteiger partial charge in [-0.05, 0) is 37.1 Å². The zero-order valence-corrected chi connectivity index (χ0v) is 20.9. The summed E-state index contributed by atoms with van der Waals surface area (Å²) >= 11 is 0.